The minimum atomic E-state index is 0.451. The maximum absolute atomic E-state index is 5.51. The van der Waals surface area contributed by atoms with Crippen LogP contribution in [0.3, 0.4) is 0 Å². The zero-order chi connectivity index (χ0) is 30.3. The van der Waals surface area contributed by atoms with E-state index in [1.165, 1.54) is 111 Å². The van der Waals surface area contributed by atoms with E-state index in [1.807, 2.05) is 0 Å². The van der Waals surface area contributed by atoms with Crippen LogP contribution in [-0.2, 0) is 0 Å². The van der Waals surface area contributed by atoms with Crippen LogP contribution in [-0.4, -0.2) is 19.9 Å². The fourth-order valence-corrected chi connectivity index (χ4v) is 10.8. The molecule has 14 rings (SSSR count). The summed E-state index contributed by atoms with van der Waals surface area (Å²) in [5.74, 6) is 2.83. The first-order valence-corrected chi connectivity index (χ1v) is 18.0. The van der Waals surface area contributed by atoms with Crippen LogP contribution in [0.15, 0.2) is 60.7 Å². The summed E-state index contributed by atoms with van der Waals surface area (Å²) >= 11 is 0. The topological polar surface area (TPSA) is 57.4 Å². The van der Waals surface area contributed by atoms with Crippen LogP contribution >= 0.6 is 0 Å². The van der Waals surface area contributed by atoms with Crippen LogP contribution in [0.2, 0.25) is 0 Å². The van der Waals surface area contributed by atoms with Gasteiger partial charge in [0.25, 0.3) is 0 Å². The highest BCUT2D eigenvalue weighted by Gasteiger charge is 2.39. The van der Waals surface area contributed by atoms with Crippen molar-refractivity contribution in [3.05, 3.63) is 106 Å². The SMILES string of the molecule is CCC1=C(CC)c2cc3[nH]c(cc4[nH]c(cc5nc(cc1n2)C1=C5C2C=CC1CC2)c1c4C2C=CC1CC2)c1c3C2C=CC1CC2. The Morgan fingerprint density at radius 3 is 1.24 bits per heavy atom. The Bertz CT molecular complexity index is 2230. The standard InChI is InChI=1S/C42H40N4/c1-3-27-28(4-2)30-18-32-38-22-7-11-24(12-8-22)40(38)34(45-32)20-36-42-26-15-13-25(14-16-26)41(42)35(46-36)19-33-39-23-9-5-21(6-10-23)37(39)31(44-33)17-29(27)43-30/h5,7,9,11,13,15,17-26,44,46H,3-4,6,8,10,12,14,16H2,1-2H3. The highest BCUT2D eigenvalue weighted by atomic mass is 14.8. The molecule has 6 atom stereocenters. The molecule has 0 radical (unpaired) electrons. The molecular weight excluding hydrogens is 560 g/mol. The Morgan fingerprint density at radius 2 is 0.804 bits per heavy atom. The van der Waals surface area contributed by atoms with E-state index in [0.29, 0.717) is 35.5 Å². The van der Waals surface area contributed by atoms with Crippen molar-refractivity contribution >= 4 is 44.4 Å². The molecule has 14 bridgehead atoms. The maximum Gasteiger partial charge on any atom is 0.0700 e. The summed E-state index contributed by atoms with van der Waals surface area (Å²) in [6.45, 7) is 4.58. The zero-order valence-corrected chi connectivity index (χ0v) is 26.8. The molecule has 2 N–H and O–H groups in total. The average molecular weight is 601 g/mol. The van der Waals surface area contributed by atoms with E-state index in [9.17, 15) is 0 Å². The fourth-order valence-electron chi connectivity index (χ4n) is 10.8. The molecule has 0 aromatic carbocycles. The largest absolute Gasteiger partial charge is 0.355 e. The van der Waals surface area contributed by atoms with Gasteiger partial charge in [-0.1, -0.05) is 50.3 Å². The number of hydrogen-bond acceptors (Lipinski definition) is 2. The molecule has 11 aliphatic rings. The van der Waals surface area contributed by atoms with Crippen LogP contribution in [0, 0.1) is 11.8 Å². The molecule has 0 saturated heterocycles. The molecule has 9 aliphatic carbocycles. The summed E-state index contributed by atoms with van der Waals surface area (Å²) < 4.78 is 0. The van der Waals surface area contributed by atoms with Crippen molar-refractivity contribution in [2.75, 3.05) is 0 Å². The molecule has 0 fully saturated rings. The van der Waals surface area contributed by atoms with E-state index in [-0.39, 0.29) is 0 Å². The zero-order valence-electron chi connectivity index (χ0n) is 26.8. The second kappa shape index (κ2) is 9.21. The van der Waals surface area contributed by atoms with Crippen molar-refractivity contribution < 1.29 is 0 Å². The molecule has 46 heavy (non-hydrogen) atoms. The summed E-state index contributed by atoms with van der Waals surface area (Å²) in [5, 5.41) is 0. The van der Waals surface area contributed by atoms with Crippen molar-refractivity contribution in [1.82, 2.24) is 19.9 Å². The van der Waals surface area contributed by atoms with Crippen molar-refractivity contribution in [3.8, 4) is 0 Å². The highest BCUT2D eigenvalue weighted by molar-refractivity contribution is 5.99. The lowest BCUT2D eigenvalue weighted by atomic mass is 9.70. The Kier molecular flexibility index (Phi) is 5.20. The number of H-pyrrole nitrogens is 2. The van der Waals surface area contributed by atoms with Crippen molar-refractivity contribution in [1.29, 1.82) is 0 Å². The third kappa shape index (κ3) is 3.35. The van der Waals surface area contributed by atoms with Crippen LogP contribution in [0.1, 0.15) is 134 Å². The van der Waals surface area contributed by atoms with Gasteiger partial charge >= 0.3 is 0 Å². The first-order chi connectivity index (χ1) is 22.7. The minimum Gasteiger partial charge on any atom is -0.355 e. The van der Waals surface area contributed by atoms with Gasteiger partial charge in [-0.2, -0.15) is 0 Å². The van der Waals surface area contributed by atoms with E-state index in [1.54, 1.807) is 0 Å². The first-order valence-electron chi connectivity index (χ1n) is 18.0. The number of aromatic nitrogens is 4. The van der Waals surface area contributed by atoms with Gasteiger partial charge in [-0.25, -0.2) is 9.97 Å². The molecule has 0 spiro atoms. The van der Waals surface area contributed by atoms with E-state index >= 15 is 0 Å². The monoisotopic (exact) mass is 600 g/mol. The lowest BCUT2D eigenvalue weighted by Gasteiger charge is -2.33. The van der Waals surface area contributed by atoms with Crippen LogP contribution in [0.5, 0.6) is 0 Å². The average Bonchev–Trinajstić information content (AvgIpc) is 3.86. The number of nitrogens with one attached hydrogen (secondary N) is 2. The minimum absolute atomic E-state index is 0.451. The van der Waals surface area contributed by atoms with E-state index in [2.05, 4.69) is 84.5 Å². The highest BCUT2D eigenvalue weighted by Crippen LogP contribution is 2.54. The molecule has 3 aromatic rings. The van der Waals surface area contributed by atoms with Gasteiger partial charge in [-0.15, -0.1) is 0 Å². The van der Waals surface area contributed by atoms with Gasteiger partial charge in [0.1, 0.15) is 0 Å². The molecule has 6 unspecified atom stereocenters. The van der Waals surface area contributed by atoms with Crippen molar-refractivity contribution in [2.24, 2.45) is 11.8 Å². The second-order valence-corrected chi connectivity index (χ2v) is 14.9. The Balaban J connectivity index is 1.30. The van der Waals surface area contributed by atoms with Gasteiger partial charge in [-0.3, -0.25) is 0 Å². The molecule has 4 nitrogen and oxygen atoms in total. The molecule has 228 valence electrons. The number of hydrogen-bond donors (Lipinski definition) is 2. The van der Waals surface area contributed by atoms with E-state index in [4.69, 9.17) is 9.97 Å². The third-order valence-corrected chi connectivity index (χ3v) is 12.7. The Hall–Kier alpha value is -4.18. The van der Waals surface area contributed by atoms with Gasteiger partial charge in [0.05, 0.1) is 22.8 Å². The Morgan fingerprint density at radius 1 is 0.457 bits per heavy atom. The number of nitrogens with zero attached hydrogens (tertiary/aromatic N) is 2. The number of fused-ring (bicyclic) bond motifs is 11. The van der Waals surface area contributed by atoms with Gasteiger partial charge in [0.2, 0.25) is 0 Å². The van der Waals surface area contributed by atoms with Crippen molar-refractivity contribution in [2.45, 2.75) is 88.9 Å². The fraction of sp³-hybridized carbons (Fsp3) is 0.381. The molecule has 3 aromatic heterocycles. The summed E-state index contributed by atoms with van der Waals surface area (Å²) in [6, 6.07) is 9.64. The molecule has 5 heterocycles. The predicted octanol–water partition coefficient (Wildman–Crippen LogP) is 10.6. The van der Waals surface area contributed by atoms with E-state index in [0.717, 1.165) is 29.9 Å². The van der Waals surface area contributed by atoms with Gasteiger partial charge in [0, 0.05) is 57.6 Å². The third-order valence-electron chi connectivity index (χ3n) is 12.7. The lowest BCUT2D eigenvalue weighted by molar-refractivity contribution is 0.558. The maximum atomic E-state index is 5.51. The van der Waals surface area contributed by atoms with Crippen molar-refractivity contribution in [3.63, 3.8) is 0 Å². The van der Waals surface area contributed by atoms with Crippen LogP contribution in [0.25, 0.3) is 44.4 Å². The molecule has 0 amide bonds. The lowest BCUT2D eigenvalue weighted by Crippen LogP contribution is -2.18. The molecular formula is C42H40N4. The van der Waals surface area contributed by atoms with Gasteiger partial charge < -0.3 is 9.97 Å². The first kappa shape index (κ1) is 25.9. The quantitative estimate of drug-likeness (QED) is 0.288. The summed E-state index contributed by atoms with van der Waals surface area (Å²) in [5.41, 5.74) is 21.4. The van der Waals surface area contributed by atoms with Crippen LogP contribution < -0.4 is 0 Å². The number of aromatic amines is 2. The van der Waals surface area contributed by atoms with Crippen LogP contribution in [0.4, 0.5) is 0 Å². The molecule has 2 aliphatic heterocycles. The second-order valence-electron chi connectivity index (χ2n) is 14.9. The summed E-state index contributed by atoms with van der Waals surface area (Å²) in [4.78, 5) is 19.0. The number of rotatable bonds is 2. The number of allylic oxidation sites excluding steroid dienone is 10. The normalized spacial score (nSPS) is 29.2. The predicted molar refractivity (Wildman–Crippen MR) is 188 cm³/mol. The van der Waals surface area contributed by atoms with Gasteiger partial charge in [-0.05, 0) is 120 Å². The van der Waals surface area contributed by atoms with E-state index < -0.39 is 0 Å². The van der Waals surface area contributed by atoms with Gasteiger partial charge in [0.15, 0.2) is 0 Å². The smallest absolute Gasteiger partial charge is 0.0700 e. The molecule has 0 saturated carbocycles. The summed E-state index contributed by atoms with van der Waals surface area (Å²) in [7, 11) is 0. The summed E-state index contributed by atoms with van der Waals surface area (Å²) in [6.07, 6.45) is 24.2. The molecule has 4 heteroatoms. The Labute approximate surface area is 270 Å².